The second-order valence-corrected chi connectivity index (χ2v) is 5.54. The highest BCUT2D eigenvalue weighted by atomic mass is 79.9. The summed E-state index contributed by atoms with van der Waals surface area (Å²) >= 11 is 3.39. The average molecular weight is 327 g/mol. The Kier molecular flexibility index (Phi) is 4.09. The Morgan fingerprint density at radius 2 is 2.32 bits per heavy atom. The summed E-state index contributed by atoms with van der Waals surface area (Å²) in [5.41, 5.74) is 1.86. The smallest absolute Gasteiger partial charge is 0.322 e. The average Bonchev–Trinajstić information content (AvgIpc) is 2.68. The summed E-state index contributed by atoms with van der Waals surface area (Å²) in [6.07, 6.45) is 0.519. The molecule has 1 heterocycles. The van der Waals surface area contributed by atoms with Crippen LogP contribution >= 0.6 is 15.9 Å². The van der Waals surface area contributed by atoms with Crippen molar-refractivity contribution in [2.45, 2.75) is 25.8 Å². The van der Waals surface area contributed by atoms with Crippen LogP contribution in [-0.4, -0.2) is 29.7 Å². The maximum absolute atomic E-state index is 11.9. The highest BCUT2D eigenvalue weighted by Crippen LogP contribution is 2.26. The molecule has 1 aromatic carbocycles. The van der Waals surface area contributed by atoms with Gasteiger partial charge in [-0.05, 0) is 37.1 Å². The highest BCUT2D eigenvalue weighted by Gasteiger charge is 2.30. The SMILES string of the molecule is Cc1cc(Br)ccc1N1CC(CCC(=O)O)NC1=O. The van der Waals surface area contributed by atoms with E-state index in [1.165, 1.54) is 0 Å². The third-order valence-electron chi connectivity index (χ3n) is 3.13. The van der Waals surface area contributed by atoms with Crippen molar-refractivity contribution in [2.24, 2.45) is 0 Å². The van der Waals surface area contributed by atoms with Gasteiger partial charge in [-0.15, -0.1) is 0 Å². The first-order valence-corrected chi connectivity index (χ1v) is 6.82. The quantitative estimate of drug-likeness (QED) is 0.893. The fraction of sp³-hybridized carbons (Fsp3) is 0.385. The van der Waals surface area contributed by atoms with Gasteiger partial charge < -0.3 is 10.4 Å². The largest absolute Gasteiger partial charge is 0.481 e. The van der Waals surface area contributed by atoms with E-state index < -0.39 is 5.97 Å². The monoisotopic (exact) mass is 326 g/mol. The molecule has 0 aliphatic carbocycles. The van der Waals surface area contributed by atoms with Crippen molar-refractivity contribution in [3.8, 4) is 0 Å². The Labute approximate surface area is 119 Å². The van der Waals surface area contributed by atoms with Crippen molar-refractivity contribution in [3.63, 3.8) is 0 Å². The molecule has 19 heavy (non-hydrogen) atoms. The van der Waals surface area contributed by atoms with Crippen LogP contribution in [0.1, 0.15) is 18.4 Å². The van der Waals surface area contributed by atoms with Gasteiger partial charge in [-0.2, -0.15) is 0 Å². The van der Waals surface area contributed by atoms with Crippen molar-refractivity contribution in [3.05, 3.63) is 28.2 Å². The molecule has 0 bridgehead atoms. The Morgan fingerprint density at radius 1 is 1.58 bits per heavy atom. The number of halogens is 1. The number of carbonyl (C=O) groups is 2. The predicted molar refractivity (Wildman–Crippen MR) is 75.4 cm³/mol. The maximum atomic E-state index is 11.9. The number of anilines is 1. The van der Waals surface area contributed by atoms with Gasteiger partial charge in [0.1, 0.15) is 0 Å². The molecular weight excluding hydrogens is 312 g/mol. The summed E-state index contributed by atoms with van der Waals surface area (Å²) in [6, 6.07) is 5.46. The third-order valence-corrected chi connectivity index (χ3v) is 3.63. The van der Waals surface area contributed by atoms with E-state index in [1.54, 1.807) is 4.90 Å². The molecule has 1 unspecified atom stereocenters. The molecule has 0 spiro atoms. The minimum Gasteiger partial charge on any atom is -0.481 e. The van der Waals surface area contributed by atoms with Crippen LogP contribution in [0.2, 0.25) is 0 Å². The molecule has 1 aromatic rings. The van der Waals surface area contributed by atoms with Crippen molar-refractivity contribution in [1.82, 2.24) is 5.32 Å². The molecular formula is C13H15BrN2O3. The first kappa shape index (κ1) is 13.9. The first-order chi connectivity index (χ1) is 8.97. The zero-order valence-corrected chi connectivity index (χ0v) is 12.1. The van der Waals surface area contributed by atoms with E-state index in [2.05, 4.69) is 21.2 Å². The van der Waals surface area contributed by atoms with Crippen LogP contribution in [0.5, 0.6) is 0 Å². The van der Waals surface area contributed by atoms with E-state index in [4.69, 9.17) is 5.11 Å². The molecule has 2 N–H and O–H groups in total. The molecule has 0 saturated carbocycles. The number of urea groups is 1. The lowest BCUT2D eigenvalue weighted by molar-refractivity contribution is -0.137. The topological polar surface area (TPSA) is 69.6 Å². The normalized spacial score (nSPS) is 18.5. The van der Waals surface area contributed by atoms with E-state index in [0.717, 1.165) is 15.7 Å². The van der Waals surface area contributed by atoms with Gasteiger partial charge in [0.2, 0.25) is 0 Å². The number of benzene rings is 1. The summed E-state index contributed by atoms with van der Waals surface area (Å²) in [5.74, 6) is -0.840. The standard InChI is InChI=1S/C13H15BrN2O3/c1-8-6-9(14)2-4-11(8)16-7-10(15-13(16)19)3-5-12(17)18/h2,4,6,10H,3,5,7H2,1H3,(H,15,19)(H,17,18). The number of carboxylic acids is 1. The van der Waals surface area contributed by atoms with Crippen molar-refractivity contribution < 1.29 is 14.7 Å². The van der Waals surface area contributed by atoms with Gasteiger partial charge in [0.05, 0.1) is 0 Å². The van der Waals surface area contributed by atoms with Crippen LogP contribution in [0.15, 0.2) is 22.7 Å². The summed E-state index contributed by atoms with van der Waals surface area (Å²) in [4.78, 5) is 24.1. The van der Waals surface area contributed by atoms with Gasteiger partial charge in [-0.1, -0.05) is 15.9 Å². The minimum absolute atomic E-state index is 0.0676. The van der Waals surface area contributed by atoms with E-state index in [1.807, 2.05) is 25.1 Å². The number of hydrogen-bond acceptors (Lipinski definition) is 2. The molecule has 1 aliphatic heterocycles. The van der Waals surface area contributed by atoms with Crippen molar-refractivity contribution in [2.75, 3.05) is 11.4 Å². The zero-order chi connectivity index (χ0) is 14.0. The van der Waals surface area contributed by atoms with Crippen molar-refractivity contribution >= 4 is 33.6 Å². The number of nitrogens with one attached hydrogen (secondary N) is 1. The molecule has 5 nitrogen and oxygen atoms in total. The van der Waals surface area contributed by atoms with Crippen molar-refractivity contribution in [1.29, 1.82) is 0 Å². The fourth-order valence-corrected chi connectivity index (χ4v) is 2.67. The number of rotatable bonds is 4. The maximum Gasteiger partial charge on any atom is 0.322 e. The Bertz CT molecular complexity index is 519. The Balaban J connectivity index is 2.09. The second kappa shape index (κ2) is 5.61. The zero-order valence-electron chi connectivity index (χ0n) is 10.5. The molecule has 6 heteroatoms. The first-order valence-electron chi connectivity index (χ1n) is 6.03. The van der Waals surface area contributed by atoms with E-state index in [9.17, 15) is 9.59 Å². The van der Waals surface area contributed by atoms with E-state index in [0.29, 0.717) is 13.0 Å². The Hall–Kier alpha value is -1.56. The molecule has 1 atom stereocenters. The van der Waals surface area contributed by atoms with Gasteiger partial charge in [-0.3, -0.25) is 9.69 Å². The predicted octanol–water partition coefficient (Wildman–Crippen LogP) is 2.52. The summed E-state index contributed by atoms with van der Waals surface area (Å²) in [5, 5.41) is 11.5. The molecule has 102 valence electrons. The number of aliphatic carboxylic acids is 1. The second-order valence-electron chi connectivity index (χ2n) is 4.62. The van der Waals surface area contributed by atoms with Gasteiger partial charge in [0.15, 0.2) is 0 Å². The van der Waals surface area contributed by atoms with Gasteiger partial charge in [0.25, 0.3) is 0 Å². The Morgan fingerprint density at radius 3 is 2.95 bits per heavy atom. The number of amides is 2. The minimum atomic E-state index is -0.840. The lowest BCUT2D eigenvalue weighted by atomic mass is 10.1. The summed E-state index contributed by atoms with van der Waals surface area (Å²) < 4.78 is 0.968. The molecule has 2 amide bonds. The van der Waals surface area contributed by atoms with Gasteiger partial charge >= 0.3 is 12.0 Å². The number of nitrogens with zero attached hydrogens (tertiary/aromatic N) is 1. The fourth-order valence-electron chi connectivity index (χ4n) is 2.19. The molecule has 2 rings (SSSR count). The van der Waals surface area contributed by atoms with Crippen LogP contribution in [0.25, 0.3) is 0 Å². The van der Waals surface area contributed by atoms with Gasteiger partial charge in [-0.25, -0.2) is 4.79 Å². The molecule has 1 fully saturated rings. The number of aryl methyl sites for hydroxylation is 1. The van der Waals surface area contributed by atoms with E-state index >= 15 is 0 Å². The van der Waals surface area contributed by atoms with Crippen LogP contribution in [0, 0.1) is 6.92 Å². The number of carbonyl (C=O) groups excluding carboxylic acids is 1. The molecule has 1 aliphatic rings. The number of hydrogen-bond donors (Lipinski definition) is 2. The van der Waals surface area contributed by atoms with Crippen LogP contribution in [0.3, 0.4) is 0 Å². The lowest BCUT2D eigenvalue weighted by Gasteiger charge is -2.17. The summed E-state index contributed by atoms with van der Waals surface area (Å²) in [7, 11) is 0. The number of carboxylic acid groups (broad SMARTS) is 1. The summed E-state index contributed by atoms with van der Waals surface area (Å²) in [6.45, 7) is 2.45. The molecule has 1 saturated heterocycles. The van der Waals surface area contributed by atoms with Gasteiger partial charge in [0, 0.05) is 29.2 Å². The van der Waals surface area contributed by atoms with Crippen LogP contribution in [-0.2, 0) is 4.79 Å². The highest BCUT2D eigenvalue weighted by molar-refractivity contribution is 9.10. The lowest BCUT2D eigenvalue weighted by Crippen LogP contribution is -2.29. The molecule has 0 aromatic heterocycles. The molecule has 0 radical (unpaired) electrons. The van der Waals surface area contributed by atoms with E-state index in [-0.39, 0.29) is 18.5 Å². The van der Waals surface area contributed by atoms with Crippen LogP contribution < -0.4 is 10.2 Å². The van der Waals surface area contributed by atoms with Crippen LogP contribution in [0.4, 0.5) is 10.5 Å². The third kappa shape index (κ3) is 3.26.